The second-order valence-corrected chi connectivity index (χ2v) is 7.67. The predicted octanol–water partition coefficient (Wildman–Crippen LogP) is 4.51. The Morgan fingerprint density at radius 3 is 2.48 bits per heavy atom. The number of halogens is 1. The molecule has 31 heavy (non-hydrogen) atoms. The molecule has 0 bridgehead atoms. The van der Waals surface area contributed by atoms with Crippen LogP contribution >= 0.6 is 11.6 Å². The van der Waals surface area contributed by atoms with E-state index in [2.05, 4.69) is 15.7 Å². The molecule has 1 aromatic heterocycles. The minimum absolute atomic E-state index is 0.0782. The standard InChI is InChI=1S/C23H25ClN4O3/c1-15-11-16(2)28(27-15)17(3)23(30)26-21-10-9-19(12-20(21)24)25-22(29)14-31-13-18-7-5-4-6-8-18/h4-12,17H,13-14H2,1-3H3,(H,25,29)(H,26,30). The third kappa shape index (κ3) is 6.16. The summed E-state index contributed by atoms with van der Waals surface area (Å²) in [6.45, 7) is 5.83. The molecule has 3 rings (SSSR count). The summed E-state index contributed by atoms with van der Waals surface area (Å²) in [5, 5.41) is 10.2. The summed E-state index contributed by atoms with van der Waals surface area (Å²) in [6, 6.07) is 15.9. The molecular weight excluding hydrogens is 416 g/mol. The van der Waals surface area contributed by atoms with E-state index in [9.17, 15) is 9.59 Å². The number of ether oxygens (including phenoxy) is 1. The molecule has 2 N–H and O–H groups in total. The molecule has 0 saturated heterocycles. The molecule has 1 atom stereocenters. The van der Waals surface area contributed by atoms with Crippen LogP contribution < -0.4 is 10.6 Å². The van der Waals surface area contributed by atoms with Gasteiger partial charge in [-0.15, -0.1) is 0 Å². The van der Waals surface area contributed by atoms with Gasteiger partial charge in [0.05, 0.1) is 23.0 Å². The van der Waals surface area contributed by atoms with E-state index in [4.69, 9.17) is 16.3 Å². The number of hydrogen-bond acceptors (Lipinski definition) is 4. The van der Waals surface area contributed by atoms with Crippen molar-refractivity contribution >= 4 is 34.8 Å². The zero-order valence-corrected chi connectivity index (χ0v) is 18.4. The van der Waals surface area contributed by atoms with E-state index in [0.29, 0.717) is 23.0 Å². The summed E-state index contributed by atoms with van der Waals surface area (Å²) in [7, 11) is 0. The highest BCUT2D eigenvalue weighted by Gasteiger charge is 2.19. The number of nitrogens with one attached hydrogen (secondary N) is 2. The number of carbonyl (C=O) groups excluding carboxylic acids is 2. The zero-order valence-electron chi connectivity index (χ0n) is 17.7. The molecule has 1 heterocycles. The van der Waals surface area contributed by atoms with Gasteiger partial charge in [-0.2, -0.15) is 5.10 Å². The summed E-state index contributed by atoms with van der Waals surface area (Å²) in [4.78, 5) is 24.7. The minimum atomic E-state index is -0.495. The number of benzene rings is 2. The Labute approximate surface area is 186 Å². The van der Waals surface area contributed by atoms with Gasteiger partial charge in [0.25, 0.3) is 0 Å². The third-order valence-corrected chi connectivity index (χ3v) is 4.96. The molecule has 0 radical (unpaired) electrons. The van der Waals surface area contributed by atoms with Crippen LogP contribution in [-0.2, 0) is 20.9 Å². The smallest absolute Gasteiger partial charge is 0.250 e. The Morgan fingerprint density at radius 1 is 1.10 bits per heavy atom. The number of amides is 2. The van der Waals surface area contributed by atoms with Gasteiger partial charge in [0.2, 0.25) is 11.8 Å². The van der Waals surface area contributed by atoms with E-state index >= 15 is 0 Å². The van der Waals surface area contributed by atoms with Gasteiger partial charge < -0.3 is 15.4 Å². The third-order valence-electron chi connectivity index (χ3n) is 4.65. The van der Waals surface area contributed by atoms with Crippen molar-refractivity contribution in [2.24, 2.45) is 0 Å². The average molecular weight is 441 g/mol. The van der Waals surface area contributed by atoms with E-state index in [0.717, 1.165) is 17.0 Å². The Kier molecular flexibility index (Phi) is 7.44. The molecule has 2 aromatic carbocycles. The number of aromatic nitrogens is 2. The Bertz CT molecular complexity index is 1070. The molecule has 1 unspecified atom stereocenters. The highest BCUT2D eigenvalue weighted by atomic mass is 35.5. The van der Waals surface area contributed by atoms with Crippen LogP contribution in [-0.4, -0.2) is 28.2 Å². The molecule has 0 aliphatic carbocycles. The zero-order chi connectivity index (χ0) is 22.4. The highest BCUT2D eigenvalue weighted by molar-refractivity contribution is 6.34. The fourth-order valence-electron chi connectivity index (χ4n) is 3.11. The molecule has 8 heteroatoms. The summed E-state index contributed by atoms with van der Waals surface area (Å²) < 4.78 is 7.10. The largest absolute Gasteiger partial charge is 0.367 e. The quantitative estimate of drug-likeness (QED) is 0.539. The fraction of sp³-hybridized carbons (Fsp3) is 0.261. The number of anilines is 2. The fourth-order valence-corrected chi connectivity index (χ4v) is 3.34. The van der Waals surface area contributed by atoms with Crippen molar-refractivity contribution in [3.63, 3.8) is 0 Å². The molecule has 2 amide bonds. The highest BCUT2D eigenvalue weighted by Crippen LogP contribution is 2.26. The number of hydrogen-bond donors (Lipinski definition) is 2. The van der Waals surface area contributed by atoms with Gasteiger partial charge in [0.15, 0.2) is 0 Å². The Hall–Kier alpha value is -3.16. The van der Waals surface area contributed by atoms with Gasteiger partial charge in [-0.05, 0) is 50.6 Å². The molecule has 0 aliphatic rings. The lowest BCUT2D eigenvalue weighted by molar-refractivity contribution is -0.121. The number of nitrogens with zero attached hydrogens (tertiary/aromatic N) is 2. The summed E-state index contributed by atoms with van der Waals surface area (Å²) >= 11 is 6.31. The van der Waals surface area contributed by atoms with Gasteiger partial charge in [0.1, 0.15) is 12.6 Å². The van der Waals surface area contributed by atoms with Crippen LogP contribution in [0.2, 0.25) is 5.02 Å². The summed E-state index contributed by atoms with van der Waals surface area (Å²) in [6.07, 6.45) is 0. The molecule has 162 valence electrons. The van der Waals surface area contributed by atoms with Gasteiger partial charge in [0, 0.05) is 11.4 Å². The van der Waals surface area contributed by atoms with E-state index in [1.54, 1.807) is 29.8 Å². The van der Waals surface area contributed by atoms with E-state index < -0.39 is 6.04 Å². The van der Waals surface area contributed by atoms with Crippen molar-refractivity contribution in [1.82, 2.24) is 9.78 Å². The van der Waals surface area contributed by atoms with Crippen molar-refractivity contribution in [2.45, 2.75) is 33.4 Å². The Morgan fingerprint density at radius 2 is 1.84 bits per heavy atom. The number of rotatable bonds is 8. The number of carbonyl (C=O) groups is 2. The first-order valence-corrected chi connectivity index (χ1v) is 10.3. The molecule has 0 spiro atoms. The summed E-state index contributed by atoms with van der Waals surface area (Å²) in [5.74, 6) is -0.527. The predicted molar refractivity (Wildman–Crippen MR) is 121 cm³/mol. The maximum atomic E-state index is 12.6. The molecular formula is C23H25ClN4O3. The first-order chi connectivity index (χ1) is 14.8. The maximum Gasteiger partial charge on any atom is 0.250 e. The molecule has 0 aliphatic heterocycles. The van der Waals surface area contributed by atoms with Crippen molar-refractivity contribution in [3.05, 3.63) is 76.6 Å². The Balaban J connectivity index is 1.53. The van der Waals surface area contributed by atoms with Crippen LogP contribution in [0.5, 0.6) is 0 Å². The second kappa shape index (κ2) is 10.2. The van der Waals surface area contributed by atoms with Crippen molar-refractivity contribution in [2.75, 3.05) is 17.2 Å². The minimum Gasteiger partial charge on any atom is -0.367 e. The molecule has 3 aromatic rings. The van der Waals surface area contributed by atoms with Crippen LogP contribution in [0.3, 0.4) is 0 Å². The van der Waals surface area contributed by atoms with Gasteiger partial charge in [-0.1, -0.05) is 41.9 Å². The van der Waals surface area contributed by atoms with Crippen LogP contribution in [0.15, 0.2) is 54.6 Å². The first-order valence-electron chi connectivity index (χ1n) is 9.88. The molecule has 0 saturated carbocycles. The lowest BCUT2D eigenvalue weighted by Gasteiger charge is -2.16. The first kappa shape index (κ1) is 22.5. The van der Waals surface area contributed by atoms with Crippen molar-refractivity contribution in [1.29, 1.82) is 0 Å². The van der Waals surface area contributed by atoms with Gasteiger partial charge >= 0.3 is 0 Å². The SMILES string of the molecule is Cc1cc(C)n(C(C)C(=O)Nc2ccc(NC(=O)COCc3ccccc3)cc2Cl)n1. The van der Waals surface area contributed by atoms with Crippen LogP contribution in [0.4, 0.5) is 11.4 Å². The maximum absolute atomic E-state index is 12.6. The van der Waals surface area contributed by atoms with E-state index in [1.165, 1.54) is 0 Å². The van der Waals surface area contributed by atoms with E-state index in [-0.39, 0.29) is 18.4 Å². The van der Waals surface area contributed by atoms with Gasteiger partial charge in [-0.25, -0.2) is 0 Å². The second-order valence-electron chi connectivity index (χ2n) is 7.26. The lowest BCUT2D eigenvalue weighted by atomic mass is 10.2. The van der Waals surface area contributed by atoms with Crippen LogP contribution in [0.25, 0.3) is 0 Å². The topological polar surface area (TPSA) is 85.2 Å². The molecule has 0 fully saturated rings. The average Bonchev–Trinajstić information content (AvgIpc) is 3.08. The van der Waals surface area contributed by atoms with E-state index in [1.807, 2.05) is 50.2 Å². The monoisotopic (exact) mass is 440 g/mol. The van der Waals surface area contributed by atoms with Crippen LogP contribution in [0, 0.1) is 13.8 Å². The van der Waals surface area contributed by atoms with Crippen molar-refractivity contribution < 1.29 is 14.3 Å². The van der Waals surface area contributed by atoms with Crippen LogP contribution in [0.1, 0.15) is 29.9 Å². The summed E-state index contributed by atoms with van der Waals surface area (Å²) in [5.41, 5.74) is 3.72. The molecule has 7 nitrogen and oxygen atoms in total. The van der Waals surface area contributed by atoms with Gasteiger partial charge in [-0.3, -0.25) is 14.3 Å². The number of aryl methyl sites for hydroxylation is 2. The normalized spacial score (nSPS) is 11.7. The van der Waals surface area contributed by atoms with Crippen molar-refractivity contribution in [3.8, 4) is 0 Å². The lowest BCUT2D eigenvalue weighted by Crippen LogP contribution is -2.25.